The normalized spacial score (nSPS) is 14.9. The molecule has 136 valence electrons. The Kier molecular flexibility index (Phi) is 4.86. The third-order valence-electron chi connectivity index (χ3n) is 4.17. The van der Waals surface area contributed by atoms with Gasteiger partial charge >= 0.3 is 0 Å². The lowest BCUT2D eigenvalue weighted by Crippen LogP contribution is -2.50. The number of aromatic nitrogens is 2. The van der Waals surface area contributed by atoms with Gasteiger partial charge in [0.05, 0.1) is 11.1 Å². The molecule has 0 bridgehead atoms. The van der Waals surface area contributed by atoms with Gasteiger partial charge in [-0.1, -0.05) is 51.2 Å². The van der Waals surface area contributed by atoms with Gasteiger partial charge in [0.25, 0.3) is 11.8 Å². The number of fused-ring (bicyclic) bond motifs is 1. The molecule has 2 heterocycles. The third-order valence-corrected chi connectivity index (χ3v) is 5.31. The Morgan fingerprint density at radius 3 is 2.08 bits per heavy atom. The van der Waals surface area contributed by atoms with Gasteiger partial charge in [0.15, 0.2) is 0 Å². The number of hydrogen-bond acceptors (Lipinski definition) is 6. The van der Waals surface area contributed by atoms with E-state index in [9.17, 15) is 14.4 Å². The van der Waals surface area contributed by atoms with E-state index in [0.717, 1.165) is 9.91 Å². The first-order valence-corrected chi connectivity index (χ1v) is 9.24. The van der Waals surface area contributed by atoms with Crippen molar-refractivity contribution >= 4 is 34.2 Å². The van der Waals surface area contributed by atoms with Crippen molar-refractivity contribution in [1.82, 2.24) is 15.1 Å². The van der Waals surface area contributed by atoms with Crippen LogP contribution < -0.4 is 5.32 Å². The predicted octanol–water partition coefficient (Wildman–Crippen LogP) is 2.92. The van der Waals surface area contributed by atoms with Crippen LogP contribution in [0.4, 0.5) is 5.13 Å². The SMILES string of the molecule is CC(C)c1nnc(NC(=O)[C@@H](C(C)C)N2C(=O)c3ccccc3C2=O)s1. The molecule has 0 aliphatic carbocycles. The molecule has 1 aromatic heterocycles. The van der Waals surface area contributed by atoms with Crippen molar-refractivity contribution < 1.29 is 14.4 Å². The Bertz CT molecular complexity index is 840. The number of carbonyl (C=O) groups is 3. The van der Waals surface area contributed by atoms with Crippen LogP contribution in [0.3, 0.4) is 0 Å². The highest BCUT2D eigenvalue weighted by molar-refractivity contribution is 7.15. The zero-order valence-corrected chi connectivity index (χ0v) is 15.8. The highest BCUT2D eigenvalue weighted by Crippen LogP contribution is 2.28. The molecule has 1 N–H and O–H groups in total. The zero-order valence-electron chi connectivity index (χ0n) is 15.0. The first-order chi connectivity index (χ1) is 12.3. The number of benzene rings is 1. The molecule has 1 aromatic carbocycles. The lowest BCUT2D eigenvalue weighted by Gasteiger charge is -2.27. The summed E-state index contributed by atoms with van der Waals surface area (Å²) >= 11 is 1.29. The summed E-state index contributed by atoms with van der Waals surface area (Å²) in [5.74, 6) is -1.38. The number of carbonyl (C=O) groups excluding carboxylic acids is 3. The molecule has 1 aliphatic heterocycles. The van der Waals surface area contributed by atoms with Crippen molar-refractivity contribution in [3.8, 4) is 0 Å². The van der Waals surface area contributed by atoms with Gasteiger partial charge in [0, 0.05) is 5.92 Å². The minimum atomic E-state index is -0.922. The maximum atomic E-state index is 12.8. The van der Waals surface area contributed by atoms with Crippen LogP contribution in [0.2, 0.25) is 0 Å². The monoisotopic (exact) mass is 372 g/mol. The summed E-state index contributed by atoms with van der Waals surface area (Å²) in [7, 11) is 0. The molecule has 0 spiro atoms. The lowest BCUT2D eigenvalue weighted by molar-refractivity contribution is -0.121. The summed E-state index contributed by atoms with van der Waals surface area (Å²) in [5.41, 5.74) is 0.655. The van der Waals surface area contributed by atoms with E-state index in [1.807, 2.05) is 13.8 Å². The summed E-state index contributed by atoms with van der Waals surface area (Å²) in [6.45, 7) is 7.57. The van der Waals surface area contributed by atoms with Crippen LogP contribution in [-0.4, -0.2) is 38.9 Å². The Labute approximate surface area is 155 Å². The standard InChI is InChI=1S/C18H20N4O3S/c1-9(2)13(14(23)19-18-21-20-15(26-18)10(3)4)22-16(24)11-7-5-6-8-12(11)17(22)25/h5-10,13H,1-4H3,(H,19,21,23)/t13-/m1/s1. The van der Waals surface area contributed by atoms with Crippen LogP contribution in [-0.2, 0) is 4.79 Å². The highest BCUT2D eigenvalue weighted by Gasteiger charge is 2.44. The van der Waals surface area contributed by atoms with Gasteiger partial charge < -0.3 is 0 Å². The first-order valence-electron chi connectivity index (χ1n) is 8.42. The summed E-state index contributed by atoms with van der Waals surface area (Å²) in [6.07, 6.45) is 0. The Morgan fingerprint density at radius 1 is 1.04 bits per heavy atom. The van der Waals surface area contributed by atoms with Crippen molar-refractivity contribution in [1.29, 1.82) is 0 Å². The topological polar surface area (TPSA) is 92.3 Å². The zero-order chi connectivity index (χ0) is 19.0. The second-order valence-corrected chi connectivity index (χ2v) is 7.81. The van der Waals surface area contributed by atoms with Gasteiger partial charge in [-0.25, -0.2) is 0 Å². The molecule has 1 aliphatic rings. The number of anilines is 1. The minimum Gasteiger partial charge on any atom is -0.299 e. The fourth-order valence-corrected chi connectivity index (χ4v) is 3.63. The van der Waals surface area contributed by atoms with Crippen molar-refractivity contribution in [3.63, 3.8) is 0 Å². The molecular formula is C18H20N4O3S. The van der Waals surface area contributed by atoms with Crippen molar-refractivity contribution in [2.75, 3.05) is 5.32 Å². The van der Waals surface area contributed by atoms with Gasteiger partial charge in [0.2, 0.25) is 11.0 Å². The van der Waals surface area contributed by atoms with Gasteiger partial charge in [-0.05, 0) is 18.1 Å². The average Bonchev–Trinajstić information content (AvgIpc) is 3.14. The number of amides is 3. The minimum absolute atomic E-state index is 0.204. The molecule has 8 heteroatoms. The molecule has 0 fully saturated rings. The number of rotatable bonds is 5. The fraction of sp³-hybridized carbons (Fsp3) is 0.389. The number of imide groups is 1. The van der Waals surface area contributed by atoms with Crippen molar-refractivity contribution in [2.24, 2.45) is 5.92 Å². The average molecular weight is 372 g/mol. The molecule has 7 nitrogen and oxygen atoms in total. The maximum absolute atomic E-state index is 12.8. The van der Waals surface area contributed by atoms with E-state index in [2.05, 4.69) is 15.5 Å². The van der Waals surface area contributed by atoms with Crippen LogP contribution >= 0.6 is 11.3 Å². The van der Waals surface area contributed by atoms with E-state index in [-0.39, 0.29) is 11.8 Å². The van der Waals surface area contributed by atoms with Crippen molar-refractivity contribution in [2.45, 2.75) is 39.7 Å². The molecular weight excluding hydrogens is 352 g/mol. The van der Waals surface area contributed by atoms with Gasteiger partial charge in [-0.2, -0.15) is 0 Å². The Morgan fingerprint density at radius 2 is 1.62 bits per heavy atom. The summed E-state index contributed by atoms with van der Waals surface area (Å²) in [5, 5.41) is 11.9. The molecule has 0 saturated heterocycles. The molecule has 3 rings (SSSR count). The van der Waals surface area contributed by atoms with E-state index in [1.54, 1.807) is 38.1 Å². The van der Waals surface area contributed by atoms with Crippen molar-refractivity contribution in [3.05, 3.63) is 40.4 Å². The van der Waals surface area contributed by atoms with Crippen LogP contribution in [0, 0.1) is 5.92 Å². The van der Waals surface area contributed by atoms with E-state index >= 15 is 0 Å². The molecule has 1 atom stereocenters. The van der Waals surface area contributed by atoms with Crippen LogP contribution in [0.25, 0.3) is 0 Å². The lowest BCUT2D eigenvalue weighted by atomic mass is 10.0. The van der Waals surface area contributed by atoms with Gasteiger partial charge in [-0.3, -0.25) is 24.6 Å². The summed E-state index contributed by atoms with van der Waals surface area (Å²) in [4.78, 5) is 39.3. The quantitative estimate of drug-likeness (QED) is 0.815. The van der Waals surface area contributed by atoms with E-state index in [1.165, 1.54) is 11.3 Å². The Balaban J connectivity index is 1.86. The fourth-order valence-electron chi connectivity index (χ4n) is 2.88. The van der Waals surface area contributed by atoms with E-state index in [4.69, 9.17) is 0 Å². The molecule has 0 saturated carbocycles. The van der Waals surface area contributed by atoms with Crippen LogP contribution in [0.5, 0.6) is 0 Å². The molecule has 26 heavy (non-hydrogen) atoms. The third kappa shape index (κ3) is 3.12. The van der Waals surface area contributed by atoms with Gasteiger partial charge in [-0.15, -0.1) is 10.2 Å². The second-order valence-electron chi connectivity index (χ2n) is 6.80. The van der Waals surface area contributed by atoms with E-state index < -0.39 is 23.8 Å². The summed E-state index contributed by atoms with van der Waals surface area (Å²) < 4.78 is 0. The first kappa shape index (κ1) is 18.2. The van der Waals surface area contributed by atoms with E-state index in [0.29, 0.717) is 16.3 Å². The number of hydrogen-bond donors (Lipinski definition) is 1. The molecule has 2 aromatic rings. The number of nitrogens with zero attached hydrogens (tertiary/aromatic N) is 3. The highest BCUT2D eigenvalue weighted by atomic mass is 32.1. The summed E-state index contributed by atoms with van der Waals surface area (Å²) in [6, 6.07) is 5.68. The smallest absolute Gasteiger partial charge is 0.262 e. The molecule has 0 unspecified atom stereocenters. The van der Waals surface area contributed by atoms with Crippen LogP contribution in [0.1, 0.15) is 59.3 Å². The largest absolute Gasteiger partial charge is 0.299 e. The van der Waals surface area contributed by atoms with Gasteiger partial charge in [0.1, 0.15) is 11.0 Å². The second kappa shape index (κ2) is 6.95. The van der Waals surface area contributed by atoms with Crippen LogP contribution in [0.15, 0.2) is 24.3 Å². The Hall–Kier alpha value is -2.61. The molecule has 3 amide bonds. The predicted molar refractivity (Wildman–Crippen MR) is 98.2 cm³/mol. The number of nitrogens with one attached hydrogen (secondary N) is 1. The molecule has 0 radical (unpaired) electrons. The maximum Gasteiger partial charge on any atom is 0.262 e.